The van der Waals surface area contributed by atoms with Gasteiger partial charge in [-0.3, -0.25) is 9.36 Å². The summed E-state index contributed by atoms with van der Waals surface area (Å²) in [6, 6.07) is 15.6. The van der Waals surface area contributed by atoms with Crippen molar-refractivity contribution in [3.8, 4) is 23.0 Å². The molecule has 5 rings (SSSR count). The van der Waals surface area contributed by atoms with Crippen molar-refractivity contribution in [1.29, 1.82) is 0 Å². The Hall–Kier alpha value is -4.06. The maximum absolute atomic E-state index is 14.2. The normalized spacial score (nSPS) is 14.4. The number of nitrogens with zero attached hydrogens (tertiary/aromatic N) is 2. The molecule has 1 atom stereocenters. The topological polar surface area (TPSA) is 97.6 Å². The van der Waals surface area contributed by atoms with Crippen LogP contribution in [0.25, 0.3) is 6.08 Å². The van der Waals surface area contributed by atoms with Crippen LogP contribution in [0.3, 0.4) is 0 Å². The van der Waals surface area contributed by atoms with E-state index in [1.165, 1.54) is 30.1 Å². The average molecular weight is 728 g/mol. The molecule has 0 fully saturated rings. The third-order valence-corrected chi connectivity index (χ3v) is 9.07. The van der Waals surface area contributed by atoms with E-state index in [0.717, 1.165) is 11.1 Å². The van der Waals surface area contributed by atoms with E-state index >= 15 is 0 Å². The molecule has 0 unspecified atom stereocenters. The summed E-state index contributed by atoms with van der Waals surface area (Å²) in [5.74, 6) is 1.49. The van der Waals surface area contributed by atoms with E-state index in [-0.39, 0.29) is 17.7 Å². The number of allylic oxidation sites excluding steroid dienone is 1. The Morgan fingerprint density at radius 1 is 1.00 bits per heavy atom. The number of carbonyl (C=O) groups is 1. The SMILES string of the molecule is CCOC(=O)C1=C(C)N=c2s/c(=C\c3ccc(OCc4cccc(Cl)c4)c(OCC)c3)c(=O)n2[C@H]1c1cc(OC)c(OC)cc1Br. The van der Waals surface area contributed by atoms with Gasteiger partial charge in [-0.15, -0.1) is 0 Å². The minimum absolute atomic E-state index is 0.167. The zero-order valence-corrected chi connectivity index (χ0v) is 29.0. The zero-order valence-electron chi connectivity index (χ0n) is 25.9. The lowest BCUT2D eigenvalue weighted by Crippen LogP contribution is -2.40. The highest BCUT2D eigenvalue weighted by atomic mass is 79.9. The molecule has 0 spiro atoms. The zero-order chi connectivity index (χ0) is 33.0. The molecule has 0 aliphatic carbocycles. The van der Waals surface area contributed by atoms with Gasteiger partial charge in [-0.2, -0.15) is 0 Å². The molecule has 12 heteroatoms. The molecule has 1 aromatic heterocycles. The van der Waals surface area contributed by atoms with E-state index in [1.807, 2.05) is 49.4 Å². The summed E-state index contributed by atoms with van der Waals surface area (Å²) in [5, 5.41) is 0.633. The smallest absolute Gasteiger partial charge is 0.338 e. The lowest BCUT2D eigenvalue weighted by Gasteiger charge is -2.26. The van der Waals surface area contributed by atoms with Gasteiger partial charge >= 0.3 is 5.97 Å². The maximum Gasteiger partial charge on any atom is 0.338 e. The van der Waals surface area contributed by atoms with Crippen LogP contribution in [0.15, 0.2) is 80.1 Å². The molecule has 0 saturated heterocycles. The summed E-state index contributed by atoms with van der Waals surface area (Å²) in [6.45, 7) is 6.26. The Morgan fingerprint density at radius 2 is 1.76 bits per heavy atom. The monoisotopic (exact) mass is 726 g/mol. The molecule has 2 heterocycles. The third kappa shape index (κ3) is 6.86. The van der Waals surface area contributed by atoms with Crippen LogP contribution in [0.1, 0.15) is 43.5 Å². The number of methoxy groups -OCH3 is 2. The Morgan fingerprint density at radius 3 is 2.46 bits per heavy atom. The number of ether oxygens (including phenoxy) is 5. The number of thiazole rings is 1. The molecule has 0 amide bonds. The molecule has 3 aromatic carbocycles. The van der Waals surface area contributed by atoms with Crippen molar-refractivity contribution in [3.63, 3.8) is 0 Å². The first kappa shape index (κ1) is 33.3. The molecular weight excluding hydrogens is 696 g/mol. The Kier molecular flexibility index (Phi) is 10.6. The Balaban J connectivity index is 1.60. The van der Waals surface area contributed by atoms with Crippen molar-refractivity contribution in [1.82, 2.24) is 4.57 Å². The van der Waals surface area contributed by atoms with Gasteiger partial charge < -0.3 is 23.7 Å². The second-order valence-corrected chi connectivity index (χ2v) is 12.4. The summed E-state index contributed by atoms with van der Waals surface area (Å²) in [7, 11) is 3.06. The van der Waals surface area contributed by atoms with Gasteiger partial charge in [0.15, 0.2) is 27.8 Å². The number of hydrogen-bond donors (Lipinski definition) is 0. The van der Waals surface area contributed by atoms with E-state index in [1.54, 1.807) is 32.1 Å². The van der Waals surface area contributed by atoms with Crippen LogP contribution in [0, 0.1) is 0 Å². The first-order chi connectivity index (χ1) is 22.2. The molecule has 9 nitrogen and oxygen atoms in total. The number of esters is 1. The van der Waals surface area contributed by atoms with E-state index in [0.29, 0.717) is 66.3 Å². The van der Waals surface area contributed by atoms with E-state index < -0.39 is 12.0 Å². The third-order valence-electron chi connectivity index (χ3n) is 7.16. The summed E-state index contributed by atoms with van der Waals surface area (Å²) < 4.78 is 31.0. The molecule has 46 heavy (non-hydrogen) atoms. The highest BCUT2D eigenvalue weighted by molar-refractivity contribution is 9.10. The van der Waals surface area contributed by atoms with Crippen LogP contribution in [-0.2, 0) is 16.1 Å². The fraction of sp³-hybridized carbons (Fsp3) is 0.265. The van der Waals surface area contributed by atoms with Crippen LogP contribution < -0.4 is 33.8 Å². The summed E-state index contributed by atoms with van der Waals surface area (Å²) in [5.41, 5.74) is 2.67. The quantitative estimate of drug-likeness (QED) is 0.170. The lowest BCUT2D eigenvalue weighted by molar-refractivity contribution is -0.139. The number of rotatable bonds is 11. The summed E-state index contributed by atoms with van der Waals surface area (Å²) >= 11 is 11.0. The standard InChI is InChI=1S/C34H32BrClN2O7S/c1-6-43-28-14-20(11-12-25(28)45-18-21-9-8-10-22(36)13-21)15-29-32(39)38-31(23-16-26(41-4)27(42-5)17-24(23)35)30(33(40)44-7-2)19(3)37-34(38)46-29/h8-17,31H,6-7,18H2,1-5H3/b29-15-/t31-/m0/s1. The van der Waals surface area contributed by atoms with Crippen LogP contribution in [0.2, 0.25) is 5.02 Å². The molecule has 4 aromatic rings. The number of halogens is 2. The van der Waals surface area contributed by atoms with Gasteiger partial charge in [-0.25, -0.2) is 9.79 Å². The van der Waals surface area contributed by atoms with Gasteiger partial charge in [0.25, 0.3) is 5.56 Å². The number of aromatic nitrogens is 1. The van der Waals surface area contributed by atoms with Crippen LogP contribution in [0.5, 0.6) is 23.0 Å². The van der Waals surface area contributed by atoms with Gasteiger partial charge in [0.2, 0.25) is 0 Å². The van der Waals surface area contributed by atoms with Crippen molar-refractivity contribution < 1.29 is 28.5 Å². The van der Waals surface area contributed by atoms with Crippen LogP contribution >= 0.6 is 38.9 Å². The lowest BCUT2D eigenvalue weighted by atomic mass is 9.95. The second kappa shape index (κ2) is 14.6. The fourth-order valence-corrected chi connectivity index (χ4v) is 6.91. The van der Waals surface area contributed by atoms with Crippen LogP contribution in [0.4, 0.5) is 0 Å². The van der Waals surface area contributed by atoms with Crippen molar-refractivity contribution in [2.45, 2.75) is 33.4 Å². The van der Waals surface area contributed by atoms with Gasteiger partial charge in [-0.05, 0) is 79.9 Å². The predicted octanol–water partition coefficient (Wildman–Crippen LogP) is 6.21. The molecule has 0 radical (unpaired) electrons. The summed E-state index contributed by atoms with van der Waals surface area (Å²) in [4.78, 5) is 32.6. The molecule has 0 bridgehead atoms. The van der Waals surface area contributed by atoms with Crippen molar-refractivity contribution in [2.24, 2.45) is 4.99 Å². The van der Waals surface area contributed by atoms with E-state index in [2.05, 4.69) is 20.9 Å². The molecule has 0 saturated carbocycles. The molecule has 0 N–H and O–H groups in total. The maximum atomic E-state index is 14.2. The van der Waals surface area contributed by atoms with E-state index in [9.17, 15) is 9.59 Å². The van der Waals surface area contributed by atoms with Gasteiger partial charge in [0.05, 0.1) is 49.3 Å². The first-order valence-corrected chi connectivity index (χ1v) is 16.4. The van der Waals surface area contributed by atoms with Gasteiger partial charge in [-0.1, -0.05) is 57.1 Å². The van der Waals surface area contributed by atoms with Crippen LogP contribution in [-0.4, -0.2) is 38.0 Å². The fourth-order valence-electron chi connectivity index (χ4n) is 5.11. The van der Waals surface area contributed by atoms with Gasteiger partial charge in [0, 0.05) is 9.50 Å². The minimum Gasteiger partial charge on any atom is -0.493 e. The predicted molar refractivity (Wildman–Crippen MR) is 181 cm³/mol. The molecular formula is C34H32BrClN2O7S. The summed E-state index contributed by atoms with van der Waals surface area (Å²) in [6.07, 6.45) is 1.77. The van der Waals surface area contributed by atoms with Crippen molar-refractivity contribution >= 4 is 50.9 Å². The molecule has 1 aliphatic heterocycles. The van der Waals surface area contributed by atoms with E-state index in [4.69, 9.17) is 35.3 Å². The Bertz CT molecular complexity index is 2000. The average Bonchev–Trinajstić information content (AvgIpc) is 3.33. The number of fused-ring (bicyclic) bond motifs is 1. The van der Waals surface area contributed by atoms with Gasteiger partial charge in [0.1, 0.15) is 6.61 Å². The number of carbonyl (C=O) groups excluding carboxylic acids is 1. The number of benzene rings is 3. The van der Waals surface area contributed by atoms with Crippen molar-refractivity contribution in [3.05, 3.63) is 112 Å². The minimum atomic E-state index is -0.840. The molecule has 1 aliphatic rings. The molecule has 240 valence electrons. The van der Waals surface area contributed by atoms with Crippen molar-refractivity contribution in [2.75, 3.05) is 27.4 Å². The second-order valence-electron chi connectivity index (χ2n) is 10.1. The highest BCUT2D eigenvalue weighted by Gasteiger charge is 2.35. The Labute approximate surface area is 283 Å². The number of hydrogen-bond acceptors (Lipinski definition) is 9. The highest BCUT2D eigenvalue weighted by Crippen LogP contribution is 2.41. The first-order valence-electron chi connectivity index (χ1n) is 14.4. The largest absolute Gasteiger partial charge is 0.493 e.